The number of rotatable bonds is 9. The summed E-state index contributed by atoms with van der Waals surface area (Å²) in [6, 6.07) is 11.1. The van der Waals surface area contributed by atoms with E-state index in [0.29, 0.717) is 11.4 Å². The number of Topliss-reactive ketones (excluding diaryl/α,β-unsaturated/α-hetero) is 1. The Balaban J connectivity index is 0.000000239. The van der Waals surface area contributed by atoms with Crippen LogP contribution in [0.15, 0.2) is 73.5 Å². The fraction of sp³-hybridized carbons (Fsp3) is 0.333. The topological polar surface area (TPSA) is 121 Å². The second-order valence-electron chi connectivity index (χ2n) is 9.50. The van der Waals surface area contributed by atoms with Gasteiger partial charge in [0.2, 0.25) is 12.2 Å². The third-order valence-electron chi connectivity index (χ3n) is 5.64. The van der Waals surface area contributed by atoms with E-state index < -0.39 is 0 Å². The lowest BCUT2D eigenvalue weighted by Gasteiger charge is -2.19. The van der Waals surface area contributed by atoms with Crippen LogP contribution in [0.5, 0.6) is 0 Å². The van der Waals surface area contributed by atoms with Gasteiger partial charge in [-0.1, -0.05) is 0 Å². The van der Waals surface area contributed by atoms with Gasteiger partial charge < -0.3 is 14.4 Å². The molecule has 0 saturated carbocycles. The van der Waals surface area contributed by atoms with E-state index in [0.717, 1.165) is 22.5 Å². The summed E-state index contributed by atoms with van der Waals surface area (Å²) in [6.45, 7) is 1.53. The summed E-state index contributed by atoms with van der Waals surface area (Å²) in [7, 11) is 14.2. The number of aryl methyl sites for hydroxylation is 2. The quantitative estimate of drug-likeness (QED) is 0.166. The van der Waals surface area contributed by atoms with Crippen molar-refractivity contribution in [2.24, 2.45) is 14.1 Å². The SMILES string of the molecule is CC(=O)c1cc(-c2cccnc2)nn1C.CN(C)/C=C/C(=O)c1cc(-c2cccnc2)nn1C.COC(OC)N(C)C. The lowest BCUT2D eigenvalue weighted by molar-refractivity contribution is -0.179. The number of aromatic nitrogens is 6. The maximum Gasteiger partial charge on any atom is 0.217 e. The Hall–Kier alpha value is -4.52. The first-order valence-electron chi connectivity index (χ1n) is 13.0. The molecule has 0 bridgehead atoms. The predicted octanol–water partition coefficient (Wildman–Crippen LogP) is 3.55. The number of ether oxygens (including phenoxy) is 2. The van der Waals surface area contributed by atoms with Gasteiger partial charge in [0, 0.05) is 97.5 Å². The number of pyridine rings is 2. The molecule has 0 aliphatic carbocycles. The Morgan fingerprint density at radius 2 is 1.31 bits per heavy atom. The highest BCUT2D eigenvalue weighted by Crippen LogP contribution is 2.18. The monoisotopic (exact) mass is 576 g/mol. The molecule has 4 aromatic heterocycles. The number of nitrogens with zero attached hydrogens (tertiary/aromatic N) is 8. The maximum absolute atomic E-state index is 12.0. The Labute approximate surface area is 247 Å². The van der Waals surface area contributed by atoms with E-state index in [4.69, 9.17) is 9.47 Å². The highest BCUT2D eigenvalue weighted by molar-refractivity contribution is 6.03. The normalized spacial score (nSPS) is 10.7. The first-order valence-corrected chi connectivity index (χ1v) is 13.0. The van der Waals surface area contributed by atoms with Crippen LogP contribution in [0.4, 0.5) is 0 Å². The average Bonchev–Trinajstić information content (AvgIpc) is 3.57. The number of hydrogen-bond acceptors (Lipinski definition) is 10. The van der Waals surface area contributed by atoms with Gasteiger partial charge >= 0.3 is 0 Å². The minimum absolute atomic E-state index is 0.0140. The predicted molar refractivity (Wildman–Crippen MR) is 162 cm³/mol. The van der Waals surface area contributed by atoms with E-state index in [1.54, 1.807) is 80.8 Å². The summed E-state index contributed by atoms with van der Waals surface area (Å²) in [6.07, 6.45) is 9.91. The van der Waals surface area contributed by atoms with Crippen molar-refractivity contribution in [2.75, 3.05) is 42.4 Å². The highest BCUT2D eigenvalue weighted by atomic mass is 16.7. The van der Waals surface area contributed by atoms with Crippen LogP contribution in [0.2, 0.25) is 0 Å². The fourth-order valence-corrected chi connectivity index (χ4v) is 3.63. The van der Waals surface area contributed by atoms with E-state index in [1.807, 2.05) is 62.3 Å². The summed E-state index contributed by atoms with van der Waals surface area (Å²) in [5.74, 6) is -0.0565. The zero-order chi connectivity index (χ0) is 31.2. The largest absolute Gasteiger partial charge is 0.383 e. The van der Waals surface area contributed by atoms with Crippen LogP contribution >= 0.6 is 0 Å². The molecule has 0 amide bonds. The van der Waals surface area contributed by atoms with E-state index >= 15 is 0 Å². The molecule has 0 aliphatic heterocycles. The Morgan fingerprint density at radius 1 is 0.833 bits per heavy atom. The molecule has 4 heterocycles. The zero-order valence-corrected chi connectivity index (χ0v) is 25.7. The van der Waals surface area contributed by atoms with Crippen LogP contribution in [0.1, 0.15) is 27.9 Å². The molecule has 0 unspecified atom stereocenters. The van der Waals surface area contributed by atoms with Gasteiger partial charge in [0.1, 0.15) is 11.4 Å². The van der Waals surface area contributed by atoms with Crippen molar-refractivity contribution in [3.63, 3.8) is 0 Å². The van der Waals surface area contributed by atoms with Crippen molar-refractivity contribution >= 4 is 11.6 Å². The molecule has 0 aliphatic rings. The van der Waals surface area contributed by atoms with Crippen molar-refractivity contribution in [1.82, 2.24) is 39.3 Å². The van der Waals surface area contributed by atoms with Gasteiger partial charge in [-0.25, -0.2) is 0 Å². The van der Waals surface area contributed by atoms with Crippen molar-refractivity contribution in [1.29, 1.82) is 0 Å². The van der Waals surface area contributed by atoms with Crippen LogP contribution in [0.25, 0.3) is 22.5 Å². The Morgan fingerprint density at radius 3 is 1.64 bits per heavy atom. The van der Waals surface area contributed by atoms with Crippen LogP contribution < -0.4 is 0 Å². The van der Waals surface area contributed by atoms with Gasteiger partial charge in [0.25, 0.3) is 0 Å². The number of allylic oxidation sites excluding steroid dienone is 1. The molecule has 0 fully saturated rings. The summed E-state index contributed by atoms with van der Waals surface area (Å²) < 4.78 is 12.9. The third-order valence-corrected chi connectivity index (χ3v) is 5.64. The standard InChI is InChI=1S/C14H16N4O.C11H11N3O.C5H13NO2/c1-17(2)8-6-14(19)13-9-12(16-18(13)3)11-5-4-7-15-10-11;1-8(15)11-6-10(13-14(11)2)9-4-3-5-12-7-9;1-6(2)5(7-3)8-4/h4-10H,1-3H3;3-7H,1-2H3;5H,1-4H3/b8-6+;;. The second-order valence-corrected chi connectivity index (χ2v) is 9.50. The second kappa shape index (κ2) is 16.7. The van der Waals surface area contributed by atoms with Crippen molar-refractivity contribution in [3.8, 4) is 22.5 Å². The van der Waals surface area contributed by atoms with E-state index in [2.05, 4.69) is 20.2 Å². The van der Waals surface area contributed by atoms with Crippen molar-refractivity contribution in [3.05, 3.63) is 84.8 Å². The highest BCUT2D eigenvalue weighted by Gasteiger charge is 2.12. The minimum atomic E-state index is -0.213. The Bertz CT molecular complexity index is 1430. The van der Waals surface area contributed by atoms with E-state index in [9.17, 15) is 9.59 Å². The molecule has 224 valence electrons. The van der Waals surface area contributed by atoms with Gasteiger partial charge in [-0.3, -0.25) is 33.8 Å². The van der Waals surface area contributed by atoms with E-state index in [1.165, 1.54) is 13.0 Å². The van der Waals surface area contributed by atoms with Crippen LogP contribution in [0, 0.1) is 0 Å². The molecule has 12 heteroatoms. The first kappa shape index (κ1) is 33.7. The Kier molecular flexibility index (Phi) is 13.4. The number of carbonyl (C=O) groups excluding carboxylic acids is 2. The van der Waals surface area contributed by atoms with Gasteiger partial charge in [-0.15, -0.1) is 0 Å². The molecule has 0 radical (unpaired) electrons. The number of hydrogen-bond donors (Lipinski definition) is 0. The molecule has 42 heavy (non-hydrogen) atoms. The van der Waals surface area contributed by atoms with Crippen molar-refractivity contribution in [2.45, 2.75) is 13.3 Å². The maximum atomic E-state index is 12.0. The molecular weight excluding hydrogens is 536 g/mol. The number of carbonyl (C=O) groups is 2. The van der Waals surface area contributed by atoms with Gasteiger partial charge in [-0.05, 0) is 50.5 Å². The molecule has 0 aromatic carbocycles. The first-order chi connectivity index (χ1) is 20.0. The van der Waals surface area contributed by atoms with Gasteiger partial charge in [0.05, 0.1) is 11.4 Å². The summed E-state index contributed by atoms with van der Waals surface area (Å²) in [4.78, 5) is 35.0. The molecule has 0 saturated heterocycles. The van der Waals surface area contributed by atoms with Crippen LogP contribution in [0.3, 0.4) is 0 Å². The smallest absolute Gasteiger partial charge is 0.217 e. The van der Waals surface area contributed by atoms with Gasteiger partial charge in [0.15, 0.2) is 5.78 Å². The lowest BCUT2D eigenvalue weighted by atomic mass is 10.2. The number of ketones is 2. The molecule has 0 atom stereocenters. The molecule has 4 aromatic rings. The lowest BCUT2D eigenvalue weighted by Crippen LogP contribution is -2.30. The number of methoxy groups -OCH3 is 2. The summed E-state index contributed by atoms with van der Waals surface area (Å²) in [5, 5.41) is 8.60. The van der Waals surface area contributed by atoms with Gasteiger partial charge in [-0.2, -0.15) is 10.2 Å². The molecule has 0 N–H and O–H groups in total. The molecule has 4 rings (SSSR count). The summed E-state index contributed by atoms with van der Waals surface area (Å²) >= 11 is 0. The van der Waals surface area contributed by atoms with Crippen LogP contribution in [-0.4, -0.2) is 99.7 Å². The van der Waals surface area contributed by atoms with E-state index in [-0.39, 0.29) is 18.0 Å². The third kappa shape index (κ3) is 10.1. The summed E-state index contributed by atoms with van der Waals surface area (Å²) in [5.41, 5.74) is 4.49. The molecular formula is C30H40N8O4. The zero-order valence-electron chi connectivity index (χ0n) is 25.7. The molecule has 0 spiro atoms. The minimum Gasteiger partial charge on any atom is -0.383 e. The fourth-order valence-electron chi connectivity index (χ4n) is 3.63. The van der Waals surface area contributed by atoms with Crippen LogP contribution in [-0.2, 0) is 23.6 Å². The average molecular weight is 577 g/mol. The van der Waals surface area contributed by atoms with Crippen molar-refractivity contribution < 1.29 is 19.1 Å². The molecule has 12 nitrogen and oxygen atoms in total.